The minimum Gasteiger partial charge on any atom is -0.490 e. The molecular formula is C24H26N2O2S. The summed E-state index contributed by atoms with van der Waals surface area (Å²) in [4.78, 5) is 4.48. The number of H-pyrrole nitrogens is 1. The summed E-state index contributed by atoms with van der Waals surface area (Å²) >= 11 is 1.68. The van der Waals surface area contributed by atoms with Gasteiger partial charge in [0.1, 0.15) is 18.5 Å². The van der Waals surface area contributed by atoms with Crippen LogP contribution in [-0.2, 0) is 6.42 Å². The van der Waals surface area contributed by atoms with Gasteiger partial charge in [-0.05, 0) is 48.6 Å². The predicted octanol–water partition coefficient (Wildman–Crippen LogP) is 4.86. The monoisotopic (exact) mass is 406 g/mol. The van der Waals surface area contributed by atoms with Gasteiger partial charge >= 0.3 is 0 Å². The lowest BCUT2D eigenvalue weighted by molar-refractivity contribution is 0.104. The first-order chi connectivity index (χ1) is 14.2. The van der Waals surface area contributed by atoms with Crippen molar-refractivity contribution in [2.45, 2.75) is 25.5 Å². The van der Waals surface area contributed by atoms with Gasteiger partial charge in [-0.2, -0.15) is 0 Å². The third kappa shape index (κ3) is 4.88. The smallest absolute Gasteiger partial charge is 0.128 e. The summed E-state index contributed by atoms with van der Waals surface area (Å²) in [6.45, 7) is 2.89. The van der Waals surface area contributed by atoms with Crippen LogP contribution in [-0.4, -0.2) is 35.4 Å². The molecule has 0 saturated heterocycles. The Morgan fingerprint density at radius 2 is 1.90 bits per heavy atom. The lowest BCUT2D eigenvalue weighted by Gasteiger charge is -2.18. The van der Waals surface area contributed by atoms with Gasteiger partial charge in [-0.25, -0.2) is 0 Å². The van der Waals surface area contributed by atoms with Gasteiger partial charge in [0.2, 0.25) is 0 Å². The molecular weight excluding hydrogens is 380 g/mol. The summed E-state index contributed by atoms with van der Waals surface area (Å²) in [5.41, 5.74) is 3.51. The number of rotatable bonds is 9. The molecule has 1 unspecified atom stereocenters. The molecule has 2 aromatic heterocycles. The first-order valence-corrected chi connectivity index (χ1v) is 10.8. The maximum absolute atomic E-state index is 10.4. The fourth-order valence-electron chi connectivity index (χ4n) is 3.51. The molecule has 2 heterocycles. The Labute approximate surface area is 175 Å². The number of aliphatic hydroxyl groups is 1. The standard InChI is InChI=1S/C24H26N2O2S/c1-17(13-18-14-26-22-9-4-2-7-20(18)22)25-15-19(27)16-28-23-10-5-3-8-21(23)24-11-6-12-29-24/h2-12,14,17,19,25-27H,13,15-16H2,1H3/t17-,19?/m1/s1. The van der Waals surface area contributed by atoms with Crippen molar-refractivity contribution >= 4 is 22.2 Å². The van der Waals surface area contributed by atoms with E-state index in [9.17, 15) is 5.11 Å². The summed E-state index contributed by atoms with van der Waals surface area (Å²) in [6, 6.07) is 20.7. The number of fused-ring (bicyclic) bond motifs is 1. The zero-order valence-corrected chi connectivity index (χ0v) is 17.3. The van der Waals surface area contributed by atoms with Crippen molar-refractivity contribution in [2.24, 2.45) is 0 Å². The first-order valence-electron chi connectivity index (χ1n) is 9.93. The molecule has 4 aromatic rings. The van der Waals surface area contributed by atoms with Crippen molar-refractivity contribution in [3.05, 3.63) is 77.8 Å². The summed E-state index contributed by atoms with van der Waals surface area (Å²) < 4.78 is 5.93. The highest BCUT2D eigenvalue weighted by atomic mass is 32.1. The Morgan fingerprint density at radius 1 is 1.07 bits per heavy atom. The van der Waals surface area contributed by atoms with E-state index in [4.69, 9.17) is 4.74 Å². The van der Waals surface area contributed by atoms with Gasteiger partial charge in [-0.3, -0.25) is 0 Å². The average Bonchev–Trinajstić information content (AvgIpc) is 3.42. The van der Waals surface area contributed by atoms with Crippen LogP contribution in [0.15, 0.2) is 72.2 Å². The molecule has 3 N–H and O–H groups in total. The molecule has 29 heavy (non-hydrogen) atoms. The van der Waals surface area contributed by atoms with E-state index < -0.39 is 6.10 Å². The fourth-order valence-corrected chi connectivity index (χ4v) is 4.27. The average molecular weight is 407 g/mol. The maximum atomic E-state index is 10.4. The molecule has 2 atom stereocenters. The number of aliphatic hydroxyl groups excluding tert-OH is 1. The van der Waals surface area contributed by atoms with Gasteiger partial charge in [0.15, 0.2) is 0 Å². The van der Waals surface area contributed by atoms with Crippen LogP contribution in [0.2, 0.25) is 0 Å². The van der Waals surface area contributed by atoms with E-state index in [-0.39, 0.29) is 12.6 Å². The van der Waals surface area contributed by atoms with E-state index in [1.54, 1.807) is 11.3 Å². The minimum atomic E-state index is -0.572. The van der Waals surface area contributed by atoms with Gasteiger partial charge < -0.3 is 20.1 Å². The molecule has 0 spiro atoms. The summed E-state index contributed by atoms with van der Waals surface area (Å²) in [6.07, 6.45) is 2.40. The third-order valence-electron chi connectivity index (χ3n) is 5.01. The maximum Gasteiger partial charge on any atom is 0.128 e. The number of aromatic nitrogens is 1. The van der Waals surface area contributed by atoms with Crippen LogP contribution < -0.4 is 10.1 Å². The Bertz CT molecular complexity index is 1040. The number of thiophene rings is 1. The van der Waals surface area contributed by atoms with Crippen molar-refractivity contribution in [3.8, 4) is 16.2 Å². The zero-order valence-electron chi connectivity index (χ0n) is 16.5. The Hall–Kier alpha value is -2.60. The van der Waals surface area contributed by atoms with Crippen molar-refractivity contribution < 1.29 is 9.84 Å². The van der Waals surface area contributed by atoms with E-state index >= 15 is 0 Å². The molecule has 0 aliphatic carbocycles. The van der Waals surface area contributed by atoms with Crippen LogP contribution in [0.4, 0.5) is 0 Å². The molecule has 0 aliphatic heterocycles. The summed E-state index contributed by atoms with van der Waals surface area (Å²) in [5, 5.41) is 17.1. The largest absolute Gasteiger partial charge is 0.490 e. The highest BCUT2D eigenvalue weighted by Gasteiger charge is 2.12. The van der Waals surface area contributed by atoms with Gasteiger partial charge in [0.25, 0.3) is 0 Å². The van der Waals surface area contributed by atoms with E-state index in [1.807, 2.05) is 30.3 Å². The van der Waals surface area contributed by atoms with Gasteiger partial charge in [0, 0.05) is 40.1 Å². The number of para-hydroxylation sites is 2. The minimum absolute atomic E-state index is 0.252. The SMILES string of the molecule is C[C@H](Cc1c[nH]c2ccccc12)NCC(O)COc1ccccc1-c1cccs1. The van der Waals surface area contributed by atoms with Crippen LogP contribution >= 0.6 is 11.3 Å². The lowest BCUT2D eigenvalue weighted by Crippen LogP contribution is -2.37. The molecule has 0 aliphatic rings. The second-order valence-corrected chi connectivity index (χ2v) is 8.26. The topological polar surface area (TPSA) is 57.3 Å². The molecule has 2 aromatic carbocycles. The molecule has 0 saturated carbocycles. The number of hydrogen-bond donors (Lipinski definition) is 3. The molecule has 0 radical (unpaired) electrons. The van der Waals surface area contributed by atoms with Crippen LogP contribution in [0.25, 0.3) is 21.3 Å². The van der Waals surface area contributed by atoms with E-state index in [0.29, 0.717) is 6.54 Å². The second-order valence-electron chi connectivity index (χ2n) is 7.31. The normalized spacial score (nSPS) is 13.4. The van der Waals surface area contributed by atoms with Crippen LogP contribution in [0.5, 0.6) is 5.75 Å². The van der Waals surface area contributed by atoms with E-state index in [1.165, 1.54) is 15.8 Å². The molecule has 0 bridgehead atoms. The van der Waals surface area contributed by atoms with Crippen molar-refractivity contribution in [1.82, 2.24) is 10.3 Å². The quantitative estimate of drug-likeness (QED) is 0.372. The molecule has 4 nitrogen and oxygen atoms in total. The number of benzene rings is 2. The summed E-state index contributed by atoms with van der Waals surface area (Å²) in [7, 11) is 0. The van der Waals surface area contributed by atoms with Crippen LogP contribution in [0.3, 0.4) is 0 Å². The number of hydrogen-bond acceptors (Lipinski definition) is 4. The number of nitrogens with one attached hydrogen (secondary N) is 2. The van der Waals surface area contributed by atoms with Gasteiger partial charge in [-0.15, -0.1) is 11.3 Å². The number of aromatic amines is 1. The second kappa shape index (κ2) is 9.27. The Balaban J connectivity index is 1.28. The molecule has 4 rings (SSSR count). The highest BCUT2D eigenvalue weighted by Crippen LogP contribution is 2.32. The number of ether oxygens (including phenoxy) is 1. The van der Waals surface area contributed by atoms with Gasteiger partial charge in [-0.1, -0.05) is 36.4 Å². The molecule has 0 amide bonds. The van der Waals surface area contributed by atoms with Crippen LogP contribution in [0, 0.1) is 0 Å². The third-order valence-corrected chi connectivity index (χ3v) is 5.91. The van der Waals surface area contributed by atoms with Crippen molar-refractivity contribution in [1.29, 1.82) is 0 Å². The molecule has 0 fully saturated rings. The first kappa shape index (κ1) is 19.7. The van der Waals surface area contributed by atoms with Crippen LogP contribution in [0.1, 0.15) is 12.5 Å². The zero-order chi connectivity index (χ0) is 20.1. The Morgan fingerprint density at radius 3 is 2.76 bits per heavy atom. The van der Waals surface area contributed by atoms with E-state index in [2.05, 4.69) is 59.1 Å². The van der Waals surface area contributed by atoms with Gasteiger partial charge in [0.05, 0.1) is 0 Å². The van der Waals surface area contributed by atoms with E-state index in [0.717, 1.165) is 23.3 Å². The fraction of sp³-hybridized carbons (Fsp3) is 0.250. The Kier molecular flexibility index (Phi) is 6.30. The molecule has 150 valence electrons. The summed E-state index contributed by atoms with van der Waals surface area (Å²) in [5.74, 6) is 0.806. The van der Waals surface area contributed by atoms with Crippen molar-refractivity contribution in [2.75, 3.05) is 13.2 Å². The van der Waals surface area contributed by atoms with Crippen molar-refractivity contribution in [3.63, 3.8) is 0 Å². The highest BCUT2D eigenvalue weighted by molar-refractivity contribution is 7.13. The lowest BCUT2D eigenvalue weighted by atomic mass is 10.1. The predicted molar refractivity (Wildman–Crippen MR) is 121 cm³/mol. The molecule has 5 heteroatoms.